The molecule has 0 radical (unpaired) electrons. The minimum absolute atomic E-state index is 0.124. The molecule has 3 N–H and O–H groups in total. The zero-order valence-corrected chi connectivity index (χ0v) is 17.2. The van der Waals surface area contributed by atoms with Gasteiger partial charge in [-0.3, -0.25) is 0 Å². The lowest BCUT2D eigenvalue weighted by Gasteiger charge is -2.62. The Hall–Kier alpha value is -2.24. The van der Waals surface area contributed by atoms with Crippen LogP contribution in [0.25, 0.3) is 0 Å². The Morgan fingerprint density at radius 1 is 1.07 bits per heavy atom. The molecule has 6 heteroatoms. The average Bonchev–Trinajstić information content (AvgIpc) is 2.66. The van der Waals surface area contributed by atoms with E-state index in [1.54, 1.807) is 0 Å². The minimum Gasteiger partial charge on any atom is -0.465 e. The Kier molecular flexibility index (Phi) is 5.45. The first-order chi connectivity index (χ1) is 13.9. The van der Waals surface area contributed by atoms with E-state index in [1.165, 1.54) is 19.3 Å². The molecular formula is C23H32N2O4. The number of hydrogen-bond acceptors (Lipinski definition) is 3. The zero-order chi connectivity index (χ0) is 20.5. The predicted molar refractivity (Wildman–Crippen MR) is 110 cm³/mol. The number of hydrogen-bond donors (Lipinski definition) is 3. The van der Waals surface area contributed by atoms with Crippen LogP contribution in [-0.2, 0) is 11.2 Å². The van der Waals surface area contributed by atoms with Gasteiger partial charge < -0.3 is 20.5 Å². The van der Waals surface area contributed by atoms with E-state index in [-0.39, 0.29) is 12.0 Å². The molecule has 4 aliphatic carbocycles. The molecule has 29 heavy (non-hydrogen) atoms. The van der Waals surface area contributed by atoms with Crippen molar-refractivity contribution in [1.29, 1.82) is 0 Å². The van der Waals surface area contributed by atoms with Gasteiger partial charge in [0.25, 0.3) is 0 Å². The van der Waals surface area contributed by atoms with E-state index in [1.807, 2.05) is 37.3 Å². The SMILES string of the molecule is CC(CNC(=O)O)(OC(=O)NCCc1ccccc1)C12CC3CC(CC(C3)C1)C2. The molecule has 4 fully saturated rings. The van der Waals surface area contributed by atoms with Gasteiger partial charge in [0.05, 0.1) is 6.54 Å². The van der Waals surface area contributed by atoms with Crippen molar-refractivity contribution in [1.82, 2.24) is 10.6 Å². The molecule has 5 rings (SSSR count). The molecule has 1 atom stereocenters. The number of carboxylic acid groups (broad SMARTS) is 1. The number of amides is 2. The van der Waals surface area contributed by atoms with Gasteiger partial charge in [-0.1, -0.05) is 30.3 Å². The summed E-state index contributed by atoms with van der Waals surface area (Å²) in [5, 5.41) is 14.6. The van der Waals surface area contributed by atoms with Crippen molar-refractivity contribution in [2.75, 3.05) is 13.1 Å². The van der Waals surface area contributed by atoms with E-state index in [2.05, 4.69) is 10.6 Å². The lowest BCUT2D eigenvalue weighted by atomic mass is 9.45. The third kappa shape index (κ3) is 4.21. The molecule has 4 saturated carbocycles. The number of carbonyl (C=O) groups is 2. The second-order valence-electron chi connectivity index (χ2n) is 9.64. The van der Waals surface area contributed by atoms with Crippen molar-refractivity contribution in [2.24, 2.45) is 23.2 Å². The summed E-state index contributed by atoms with van der Waals surface area (Å²) < 4.78 is 6.04. The largest absolute Gasteiger partial charge is 0.465 e. The van der Waals surface area contributed by atoms with Crippen LogP contribution in [0.3, 0.4) is 0 Å². The second-order valence-corrected chi connectivity index (χ2v) is 9.64. The standard InChI is InChI=1S/C23H32N2O4/c1-22(15-25-20(26)27,23-12-17-9-18(13-23)11-19(10-17)14-23)29-21(28)24-8-7-16-5-3-2-4-6-16/h2-6,17-19,25H,7-15H2,1H3,(H,24,28)(H,26,27). The van der Waals surface area contributed by atoms with Crippen LogP contribution < -0.4 is 10.6 Å². The Morgan fingerprint density at radius 3 is 2.21 bits per heavy atom. The summed E-state index contributed by atoms with van der Waals surface area (Å²) in [6.07, 6.45) is 6.16. The highest BCUT2D eigenvalue weighted by atomic mass is 16.6. The van der Waals surface area contributed by atoms with Crippen molar-refractivity contribution >= 4 is 12.2 Å². The fourth-order valence-corrected chi connectivity index (χ4v) is 6.53. The van der Waals surface area contributed by atoms with Crippen molar-refractivity contribution in [3.63, 3.8) is 0 Å². The Balaban J connectivity index is 1.43. The maximum absolute atomic E-state index is 12.7. The number of benzene rings is 1. The lowest BCUT2D eigenvalue weighted by molar-refractivity contribution is -0.168. The van der Waals surface area contributed by atoms with Gasteiger partial charge in [0, 0.05) is 12.0 Å². The van der Waals surface area contributed by atoms with E-state index in [9.17, 15) is 14.7 Å². The molecule has 4 aliphatic rings. The van der Waals surface area contributed by atoms with Crippen LogP contribution in [0.2, 0.25) is 0 Å². The van der Waals surface area contributed by atoms with Gasteiger partial charge in [0.1, 0.15) is 5.60 Å². The molecular weight excluding hydrogens is 368 g/mol. The predicted octanol–water partition coefficient (Wildman–Crippen LogP) is 4.20. The van der Waals surface area contributed by atoms with E-state index in [4.69, 9.17) is 4.74 Å². The summed E-state index contributed by atoms with van der Waals surface area (Å²) in [4.78, 5) is 23.9. The van der Waals surface area contributed by atoms with Crippen LogP contribution in [0.1, 0.15) is 51.0 Å². The van der Waals surface area contributed by atoms with Crippen molar-refractivity contribution < 1.29 is 19.4 Å². The van der Waals surface area contributed by atoms with Gasteiger partial charge in [0.2, 0.25) is 0 Å². The molecule has 0 aliphatic heterocycles. The number of rotatable bonds is 7. The van der Waals surface area contributed by atoms with E-state index < -0.39 is 17.8 Å². The summed E-state index contributed by atoms with van der Waals surface area (Å²) in [5.74, 6) is 2.07. The molecule has 4 bridgehead atoms. The Bertz CT molecular complexity index is 715. The first-order valence-electron chi connectivity index (χ1n) is 10.8. The fraction of sp³-hybridized carbons (Fsp3) is 0.652. The quantitative estimate of drug-likeness (QED) is 0.640. The lowest BCUT2D eigenvalue weighted by Crippen LogP contribution is -2.63. The van der Waals surface area contributed by atoms with Crippen LogP contribution in [0.5, 0.6) is 0 Å². The molecule has 2 amide bonds. The molecule has 6 nitrogen and oxygen atoms in total. The van der Waals surface area contributed by atoms with E-state index in [0.29, 0.717) is 24.3 Å². The highest BCUT2D eigenvalue weighted by molar-refractivity contribution is 5.68. The Labute approximate surface area is 172 Å². The topological polar surface area (TPSA) is 87.7 Å². The first-order valence-corrected chi connectivity index (χ1v) is 10.8. The minimum atomic E-state index is -1.07. The van der Waals surface area contributed by atoms with Gasteiger partial charge in [-0.15, -0.1) is 0 Å². The van der Waals surface area contributed by atoms with Crippen LogP contribution in [0.4, 0.5) is 9.59 Å². The van der Waals surface area contributed by atoms with Gasteiger partial charge in [-0.2, -0.15) is 0 Å². The summed E-state index contributed by atoms with van der Waals surface area (Å²) in [5.41, 5.74) is 0.198. The van der Waals surface area contributed by atoms with Crippen LogP contribution in [0, 0.1) is 23.2 Å². The zero-order valence-electron chi connectivity index (χ0n) is 17.2. The summed E-state index contributed by atoms with van der Waals surface area (Å²) >= 11 is 0. The monoisotopic (exact) mass is 400 g/mol. The van der Waals surface area contributed by atoms with Gasteiger partial charge in [0.15, 0.2) is 0 Å². The van der Waals surface area contributed by atoms with E-state index in [0.717, 1.165) is 31.2 Å². The number of ether oxygens (including phenoxy) is 1. The molecule has 0 heterocycles. The maximum atomic E-state index is 12.7. The number of alkyl carbamates (subject to hydrolysis) is 1. The molecule has 0 saturated heterocycles. The van der Waals surface area contributed by atoms with Crippen molar-refractivity contribution in [3.05, 3.63) is 35.9 Å². The summed E-state index contributed by atoms with van der Waals surface area (Å²) in [6.45, 7) is 2.57. The highest BCUT2D eigenvalue weighted by Crippen LogP contribution is 2.64. The van der Waals surface area contributed by atoms with Crippen LogP contribution in [0.15, 0.2) is 30.3 Å². The van der Waals surface area contributed by atoms with Gasteiger partial charge in [-0.05, 0) is 75.2 Å². The van der Waals surface area contributed by atoms with Crippen molar-refractivity contribution in [3.8, 4) is 0 Å². The number of nitrogens with one attached hydrogen (secondary N) is 2. The van der Waals surface area contributed by atoms with Crippen LogP contribution in [-0.4, -0.2) is 36.0 Å². The van der Waals surface area contributed by atoms with Gasteiger partial charge in [-0.25, -0.2) is 9.59 Å². The molecule has 1 unspecified atom stereocenters. The molecule has 0 aromatic heterocycles. The third-order valence-electron chi connectivity index (χ3n) is 7.58. The summed E-state index contributed by atoms with van der Waals surface area (Å²) in [7, 11) is 0. The Morgan fingerprint density at radius 2 is 1.66 bits per heavy atom. The number of carbonyl (C=O) groups excluding carboxylic acids is 1. The molecule has 1 aromatic rings. The average molecular weight is 401 g/mol. The highest BCUT2D eigenvalue weighted by Gasteiger charge is 2.60. The second kappa shape index (κ2) is 7.88. The van der Waals surface area contributed by atoms with Crippen LogP contribution >= 0.6 is 0 Å². The molecule has 1 aromatic carbocycles. The molecule has 158 valence electrons. The summed E-state index contributed by atoms with van der Waals surface area (Å²) in [6, 6.07) is 9.99. The van der Waals surface area contributed by atoms with E-state index >= 15 is 0 Å². The first kappa shape index (κ1) is 20.0. The fourth-order valence-electron chi connectivity index (χ4n) is 6.53. The smallest absolute Gasteiger partial charge is 0.407 e. The van der Waals surface area contributed by atoms with Crippen molar-refractivity contribution in [2.45, 2.75) is 57.5 Å². The normalized spacial score (nSPS) is 31.7. The molecule has 0 spiro atoms. The maximum Gasteiger partial charge on any atom is 0.407 e. The third-order valence-corrected chi connectivity index (χ3v) is 7.58. The van der Waals surface area contributed by atoms with Gasteiger partial charge >= 0.3 is 12.2 Å².